The number of ether oxygens (including phenoxy) is 1. The quantitative estimate of drug-likeness (QED) is 0.111. The summed E-state index contributed by atoms with van der Waals surface area (Å²) in [4.78, 5) is 16.3. The Hall–Kier alpha value is -5.18. The van der Waals surface area contributed by atoms with Crippen molar-refractivity contribution in [2.45, 2.75) is 132 Å². The molecule has 0 N–H and O–H groups in total. The number of nitrogens with zero attached hydrogens (tertiary/aromatic N) is 6. The molecule has 7 nitrogen and oxygen atoms in total. The normalized spacial score (nSPS) is 10.8. The first kappa shape index (κ1) is 62.9. The van der Waals surface area contributed by atoms with Crippen LogP contribution < -0.4 is 4.74 Å². The molecule has 4 heterocycles. The maximum atomic E-state index is 14.3. The summed E-state index contributed by atoms with van der Waals surface area (Å²) in [5.74, 6) is 1.72. The largest absolute Gasteiger partial charge is 0.494 e. The first-order valence-corrected chi connectivity index (χ1v) is 25.6. The number of aromatic nitrogens is 6. The number of hydrogen-bond donors (Lipinski definition) is 0. The van der Waals surface area contributed by atoms with Crippen molar-refractivity contribution >= 4 is 43.5 Å². The molecule has 0 atom stereocenters. The fourth-order valence-electron chi connectivity index (χ4n) is 6.03. The number of pyridine rings is 2. The van der Waals surface area contributed by atoms with Gasteiger partial charge in [0.1, 0.15) is 20.7 Å². The minimum absolute atomic E-state index is 0.0160. The van der Waals surface area contributed by atoms with Gasteiger partial charge in [-0.25, -0.2) is 23.7 Å². The van der Waals surface area contributed by atoms with Crippen LogP contribution in [0.3, 0.4) is 0 Å². The van der Waals surface area contributed by atoms with Crippen molar-refractivity contribution in [3.8, 4) is 16.9 Å². The highest BCUT2D eigenvalue weighted by molar-refractivity contribution is 9.10. The van der Waals surface area contributed by atoms with Gasteiger partial charge in [-0.2, -0.15) is 23.4 Å². The van der Waals surface area contributed by atoms with E-state index in [1.54, 1.807) is 42.6 Å². The Morgan fingerprint density at radius 1 is 0.528 bits per heavy atom. The highest BCUT2D eigenvalue weighted by Gasteiger charge is 2.32. The van der Waals surface area contributed by atoms with Crippen LogP contribution >= 0.6 is 43.5 Å². The van der Waals surface area contributed by atoms with Gasteiger partial charge in [0.25, 0.3) is 0 Å². The first-order valence-electron chi connectivity index (χ1n) is 23.6. The van der Waals surface area contributed by atoms with E-state index in [2.05, 4.69) is 104 Å². The predicted octanol–water partition coefficient (Wildman–Crippen LogP) is 18.7. The van der Waals surface area contributed by atoms with Crippen molar-refractivity contribution < 1.29 is 26.7 Å². The Morgan fingerprint density at radius 2 is 1.03 bits per heavy atom. The van der Waals surface area contributed by atoms with Crippen molar-refractivity contribution in [1.29, 1.82) is 0 Å². The van der Waals surface area contributed by atoms with E-state index >= 15 is 0 Å². The Kier molecular flexibility index (Phi) is 27.5. The third-order valence-corrected chi connectivity index (χ3v) is 11.8. The monoisotopic (exact) mass is 1140 g/mol. The van der Waals surface area contributed by atoms with Crippen molar-refractivity contribution in [1.82, 2.24) is 30.1 Å². The first-order chi connectivity index (χ1) is 33.8. The lowest BCUT2D eigenvalue weighted by atomic mass is 9.96. The number of aryl methyl sites for hydroxylation is 1. The van der Waals surface area contributed by atoms with Crippen molar-refractivity contribution in [2.24, 2.45) is 0 Å². The van der Waals surface area contributed by atoms with E-state index in [9.17, 15) is 22.0 Å². The maximum Gasteiger partial charge on any atom is 0.433 e. The molecular formula is C57H68Br2ClF5N6O. The van der Waals surface area contributed by atoms with Crippen LogP contribution in [-0.4, -0.2) is 37.2 Å². The van der Waals surface area contributed by atoms with Gasteiger partial charge in [0, 0.05) is 39.9 Å². The SMILES string of the molecule is CC(C)c1cccc(-c2ccccc2Cl)c1F.CC(C)c1cccc(Br)n1.CC(C)c1cccc(C(F)(F)F)n1.CC(C)c1cccnn1.COc1cccc(C(C)C)c1F.Cc1ncc(C(C)C)nc1Br. The molecule has 0 unspecified atom stereocenters. The standard InChI is InChI=1S/C15H14ClF.C10H13FO.C9H10F3N.C8H11BrN2.C8H10BrN.C7H10N2/c1-10(2)11-7-5-8-13(15(11)17)12-6-3-4-9-14(12)16;1-7(2)8-5-4-6-9(12-3)10(8)11;1-6(2)7-4-3-5-8(13-7)9(10,11)12;1-5(2)7-4-10-6(3)8(9)11-7;1-6(2)7-4-3-5-8(9)10-7;1-6(2)7-4-3-5-8-9-7/h3-10H,1-2H3;4-7H,1-3H3;3-6H,1-2H3;4-5H,1-3H3;3-6H,1-2H3;3-6H,1-2H3. The van der Waals surface area contributed by atoms with E-state index in [1.807, 2.05) is 115 Å². The third-order valence-electron chi connectivity index (χ3n) is 10.3. The van der Waals surface area contributed by atoms with Crippen LogP contribution in [0.15, 0.2) is 131 Å². The molecule has 0 saturated carbocycles. The van der Waals surface area contributed by atoms with E-state index in [4.69, 9.17) is 16.3 Å². The molecule has 0 aliphatic heterocycles. The highest BCUT2D eigenvalue weighted by atomic mass is 79.9. The molecule has 7 rings (SSSR count). The van der Waals surface area contributed by atoms with Gasteiger partial charge in [0.2, 0.25) is 0 Å². The molecule has 72 heavy (non-hydrogen) atoms. The van der Waals surface area contributed by atoms with Gasteiger partial charge in [0.05, 0.1) is 24.2 Å². The summed E-state index contributed by atoms with van der Waals surface area (Å²) in [6, 6.07) is 31.8. The fourth-order valence-corrected chi connectivity index (χ4v) is 6.93. The number of methoxy groups -OCH3 is 1. The Labute approximate surface area is 446 Å². The van der Waals surface area contributed by atoms with E-state index in [0.29, 0.717) is 45.3 Å². The number of halogens is 8. The summed E-state index contributed by atoms with van der Waals surface area (Å²) >= 11 is 12.8. The molecule has 0 amide bonds. The predicted molar refractivity (Wildman–Crippen MR) is 292 cm³/mol. The Morgan fingerprint density at radius 3 is 1.49 bits per heavy atom. The smallest absolute Gasteiger partial charge is 0.433 e. The molecule has 388 valence electrons. The minimum Gasteiger partial charge on any atom is -0.494 e. The Balaban J connectivity index is 0.000000300. The maximum absolute atomic E-state index is 14.3. The number of alkyl halides is 3. The van der Waals surface area contributed by atoms with Crippen LogP contribution in [0.25, 0.3) is 11.1 Å². The van der Waals surface area contributed by atoms with Crippen LogP contribution in [0.1, 0.15) is 164 Å². The van der Waals surface area contributed by atoms with Gasteiger partial charge in [-0.1, -0.05) is 155 Å². The lowest BCUT2D eigenvalue weighted by Crippen LogP contribution is -2.09. The number of hydrogen-bond acceptors (Lipinski definition) is 7. The molecule has 15 heteroatoms. The average molecular weight is 1140 g/mol. The van der Waals surface area contributed by atoms with Crippen molar-refractivity contribution in [2.75, 3.05) is 7.11 Å². The summed E-state index contributed by atoms with van der Waals surface area (Å²) < 4.78 is 70.9. The third kappa shape index (κ3) is 21.5. The number of rotatable bonds is 8. The van der Waals surface area contributed by atoms with Crippen LogP contribution in [0, 0.1) is 18.6 Å². The van der Waals surface area contributed by atoms with Gasteiger partial charge in [-0.05, 0) is 134 Å². The molecule has 0 aliphatic carbocycles. The molecule has 0 radical (unpaired) electrons. The van der Waals surface area contributed by atoms with E-state index in [0.717, 1.165) is 49.2 Å². The minimum atomic E-state index is -4.34. The summed E-state index contributed by atoms with van der Waals surface area (Å²) in [5, 5.41) is 8.26. The van der Waals surface area contributed by atoms with Gasteiger partial charge in [-0.15, -0.1) is 0 Å². The van der Waals surface area contributed by atoms with Gasteiger partial charge in [-0.3, -0.25) is 4.98 Å². The second-order valence-corrected chi connectivity index (χ2v) is 20.1. The zero-order valence-corrected chi connectivity index (χ0v) is 47.6. The van der Waals surface area contributed by atoms with E-state index in [-0.39, 0.29) is 29.4 Å². The van der Waals surface area contributed by atoms with Gasteiger partial charge < -0.3 is 4.74 Å². The highest BCUT2D eigenvalue weighted by Crippen LogP contribution is 2.33. The van der Waals surface area contributed by atoms with Gasteiger partial charge in [0.15, 0.2) is 11.6 Å². The summed E-state index contributed by atoms with van der Waals surface area (Å²) in [7, 11) is 1.47. The molecule has 7 aromatic rings. The fraction of sp³-hybridized carbons (Fsp3) is 0.368. The molecule has 0 fully saturated rings. The van der Waals surface area contributed by atoms with Crippen molar-refractivity contribution in [3.63, 3.8) is 0 Å². The second kappa shape index (κ2) is 31.4. The zero-order chi connectivity index (χ0) is 54.3. The second-order valence-electron chi connectivity index (χ2n) is 18.1. The number of benzene rings is 3. The topological polar surface area (TPSA) is 86.6 Å². The zero-order valence-electron chi connectivity index (χ0n) is 43.6. The molecule has 0 bridgehead atoms. The molecular weight excluding hydrogens is 1070 g/mol. The lowest BCUT2D eigenvalue weighted by molar-refractivity contribution is -0.141. The average Bonchev–Trinajstić information content (AvgIpc) is 3.33. The summed E-state index contributed by atoms with van der Waals surface area (Å²) in [6.45, 7) is 26.1. The van der Waals surface area contributed by atoms with Crippen molar-refractivity contribution in [3.05, 3.63) is 193 Å². The Bertz CT molecular complexity index is 2690. The molecule has 3 aromatic carbocycles. The van der Waals surface area contributed by atoms with E-state index < -0.39 is 11.9 Å². The molecule has 0 aliphatic rings. The van der Waals surface area contributed by atoms with Crippen LogP contribution in [0.4, 0.5) is 22.0 Å². The lowest BCUT2D eigenvalue weighted by Gasteiger charge is -2.12. The van der Waals surface area contributed by atoms with Crippen LogP contribution in [-0.2, 0) is 6.18 Å². The van der Waals surface area contributed by atoms with Crippen LogP contribution in [0.5, 0.6) is 5.75 Å². The molecule has 0 saturated heterocycles. The summed E-state index contributed by atoms with van der Waals surface area (Å²) in [5.41, 5.74) is 6.55. The van der Waals surface area contributed by atoms with Gasteiger partial charge >= 0.3 is 6.18 Å². The molecule has 4 aromatic heterocycles. The van der Waals surface area contributed by atoms with Crippen LogP contribution in [0.2, 0.25) is 5.02 Å². The summed E-state index contributed by atoms with van der Waals surface area (Å²) in [6.07, 6.45) is -0.832. The van der Waals surface area contributed by atoms with E-state index in [1.165, 1.54) is 13.2 Å². The molecule has 0 spiro atoms.